The van der Waals surface area contributed by atoms with E-state index in [1.165, 1.54) is 24.3 Å². The summed E-state index contributed by atoms with van der Waals surface area (Å²) >= 11 is 0. The van der Waals surface area contributed by atoms with Crippen LogP contribution in [0, 0.1) is 17.5 Å². The Kier molecular flexibility index (Phi) is 7.83. The maximum absolute atomic E-state index is 14.2. The van der Waals surface area contributed by atoms with Gasteiger partial charge in [-0.3, -0.25) is 4.79 Å². The van der Waals surface area contributed by atoms with Crippen LogP contribution >= 0.6 is 0 Å². The molecule has 0 aliphatic carbocycles. The van der Waals surface area contributed by atoms with E-state index in [4.69, 9.17) is 9.84 Å². The van der Waals surface area contributed by atoms with Crippen molar-refractivity contribution in [3.63, 3.8) is 0 Å². The topological polar surface area (TPSA) is 78.9 Å². The number of halogens is 3. The van der Waals surface area contributed by atoms with Gasteiger partial charge in [0.05, 0.1) is 6.04 Å². The Morgan fingerprint density at radius 2 is 1.73 bits per heavy atom. The van der Waals surface area contributed by atoms with Crippen LogP contribution in [0.1, 0.15) is 36.9 Å². The van der Waals surface area contributed by atoms with Crippen molar-refractivity contribution in [2.45, 2.75) is 31.4 Å². The highest BCUT2D eigenvalue weighted by Gasteiger charge is 2.43. The van der Waals surface area contributed by atoms with Gasteiger partial charge in [0.25, 0.3) is 0 Å². The number of nitrogens with one attached hydrogen (secondary N) is 1. The van der Waals surface area contributed by atoms with Crippen molar-refractivity contribution in [3.05, 3.63) is 95.3 Å². The highest BCUT2D eigenvalue weighted by atomic mass is 19.1. The van der Waals surface area contributed by atoms with Crippen molar-refractivity contribution in [1.29, 1.82) is 0 Å². The van der Waals surface area contributed by atoms with Gasteiger partial charge >= 0.3 is 6.09 Å². The van der Waals surface area contributed by atoms with Crippen molar-refractivity contribution >= 4 is 12.0 Å². The monoisotopic (exact) mass is 512 g/mol. The summed E-state index contributed by atoms with van der Waals surface area (Å²) < 4.78 is 46.9. The van der Waals surface area contributed by atoms with Gasteiger partial charge in [0, 0.05) is 37.6 Å². The van der Waals surface area contributed by atoms with E-state index in [0.29, 0.717) is 24.1 Å². The molecule has 2 atom stereocenters. The SMILES string of the molecule is C[C@@H](c1ccc(-c2ccc(F)cc2F)cc1)N1CC[C@@](CCNC(=O)CO)(c2ccc(F)cc2)OC1=O. The average molecular weight is 513 g/mol. The maximum Gasteiger partial charge on any atom is 0.411 e. The molecule has 0 spiro atoms. The lowest BCUT2D eigenvalue weighted by Gasteiger charge is -2.43. The number of nitrogens with zero attached hydrogens (tertiary/aromatic N) is 1. The highest BCUT2D eigenvalue weighted by Crippen LogP contribution is 2.39. The number of hydrogen-bond donors (Lipinski definition) is 2. The third kappa shape index (κ3) is 5.77. The van der Waals surface area contributed by atoms with Gasteiger partial charge in [0.15, 0.2) is 0 Å². The maximum atomic E-state index is 14.2. The third-order valence-corrected chi connectivity index (χ3v) is 6.74. The quantitative estimate of drug-likeness (QED) is 0.442. The molecule has 3 aromatic carbocycles. The standard InChI is InChI=1S/C28H27F3N2O4/c1-18(19-2-4-20(5-3-19)24-11-10-23(30)16-25(24)31)33-15-13-28(37-27(33)36,12-14-32-26(35)17-34)21-6-8-22(29)9-7-21/h2-11,16,18,34H,12-15,17H2,1H3,(H,32,35)/t18-,28-/m0/s1. The molecule has 1 fully saturated rings. The zero-order valence-electron chi connectivity index (χ0n) is 20.2. The first-order valence-electron chi connectivity index (χ1n) is 11.9. The lowest BCUT2D eigenvalue weighted by atomic mass is 9.85. The van der Waals surface area contributed by atoms with Crippen molar-refractivity contribution in [2.75, 3.05) is 19.7 Å². The number of benzene rings is 3. The van der Waals surface area contributed by atoms with E-state index in [1.54, 1.807) is 41.3 Å². The molecule has 0 unspecified atom stereocenters. The van der Waals surface area contributed by atoms with E-state index < -0.39 is 41.7 Å². The van der Waals surface area contributed by atoms with Crippen LogP contribution in [0.5, 0.6) is 0 Å². The molecule has 1 heterocycles. The molecule has 1 aliphatic rings. The highest BCUT2D eigenvalue weighted by molar-refractivity contribution is 5.76. The number of ether oxygens (including phenoxy) is 1. The minimum atomic E-state index is -1.08. The molecule has 194 valence electrons. The van der Waals surface area contributed by atoms with Gasteiger partial charge in [-0.1, -0.05) is 36.4 Å². The first-order chi connectivity index (χ1) is 17.7. The molecule has 0 aromatic heterocycles. The first kappa shape index (κ1) is 26.2. The van der Waals surface area contributed by atoms with Gasteiger partial charge in [0.1, 0.15) is 29.7 Å². The molecular formula is C28H27F3N2O4. The van der Waals surface area contributed by atoms with Crippen LogP contribution in [0.4, 0.5) is 18.0 Å². The number of carbonyl (C=O) groups is 2. The second-order valence-electron chi connectivity index (χ2n) is 8.99. The molecule has 6 nitrogen and oxygen atoms in total. The Morgan fingerprint density at radius 1 is 1.05 bits per heavy atom. The normalized spacial score (nSPS) is 18.3. The molecule has 0 radical (unpaired) electrons. The Hall–Kier alpha value is -3.85. The van der Waals surface area contributed by atoms with Gasteiger partial charge in [-0.15, -0.1) is 0 Å². The van der Waals surface area contributed by atoms with E-state index in [2.05, 4.69) is 5.32 Å². The van der Waals surface area contributed by atoms with E-state index in [9.17, 15) is 22.8 Å². The molecule has 0 bridgehead atoms. The third-order valence-electron chi connectivity index (χ3n) is 6.74. The van der Waals surface area contributed by atoms with Gasteiger partial charge in [0.2, 0.25) is 5.91 Å². The summed E-state index contributed by atoms with van der Waals surface area (Å²) in [6.45, 7) is 1.68. The fourth-order valence-electron chi connectivity index (χ4n) is 4.60. The predicted molar refractivity (Wildman–Crippen MR) is 131 cm³/mol. The molecule has 4 rings (SSSR count). The van der Waals surface area contributed by atoms with Crippen LogP contribution in [-0.4, -0.2) is 41.7 Å². The minimum absolute atomic E-state index is 0.154. The second kappa shape index (κ2) is 11.0. The number of rotatable bonds is 8. The van der Waals surface area contributed by atoms with Crippen LogP contribution < -0.4 is 5.32 Å². The summed E-state index contributed by atoms with van der Waals surface area (Å²) in [4.78, 5) is 26.3. The molecular weight excluding hydrogens is 485 g/mol. The Bertz CT molecular complexity index is 1270. The van der Waals surface area contributed by atoms with Crippen molar-refractivity contribution in [3.8, 4) is 11.1 Å². The van der Waals surface area contributed by atoms with Gasteiger partial charge < -0.3 is 20.1 Å². The second-order valence-corrected chi connectivity index (χ2v) is 8.99. The Balaban J connectivity index is 1.51. The molecule has 2 N–H and O–H groups in total. The summed E-state index contributed by atoms with van der Waals surface area (Å²) in [6.07, 6.45) is 0.0731. The zero-order valence-corrected chi connectivity index (χ0v) is 20.2. The average Bonchev–Trinajstić information content (AvgIpc) is 2.89. The van der Waals surface area contributed by atoms with Gasteiger partial charge in [-0.05, 0) is 47.9 Å². The fraction of sp³-hybridized carbons (Fsp3) is 0.286. The van der Waals surface area contributed by atoms with E-state index in [0.717, 1.165) is 11.6 Å². The van der Waals surface area contributed by atoms with Gasteiger partial charge in [-0.25, -0.2) is 18.0 Å². The Labute approximate surface area is 212 Å². The molecule has 1 aliphatic heterocycles. The number of carbonyl (C=O) groups excluding carboxylic acids is 2. The lowest BCUT2D eigenvalue weighted by molar-refractivity contribution is -0.124. The summed E-state index contributed by atoms with van der Waals surface area (Å²) in [5, 5.41) is 11.5. The number of cyclic esters (lactones) is 1. The molecule has 2 amide bonds. The Morgan fingerprint density at radius 3 is 2.35 bits per heavy atom. The first-order valence-corrected chi connectivity index (χ1v) is 11.9. The van der Waals surface area contributed by atoms with Crippen LogP contribution in [0.25, 0.3) is 11.1 Å². The van der Waals surface area contributed by atoms with Crippen molar-refractivity contribution in [1.82, 2.24) is 10.2 Å². The lowest BCUT2D eigenvalue weighted by Crippen LogP contribution is -2.50. The van der Waals surface area contributed by atoms with Crippen LogP contribution in [0.15, 0.2) is 66.7 Å². The number of amides is 2. The number of hydrogen-bond acceptors (Lipinski definition) is 4. The molecule has 37 heavy (non-hydrogen) atoms. The van der Waals surface area contributed by atoms with E-state index >= 15 is 0 Å². The van der Waals surface area contributed by atoms with Crippen molar-refractivity contribution < 1.29 is 32.6 Å². The van der Waals surface area contributed by atoms with Gasteiger partial charge in [-0.2, -0.15) is 0 Å². The van der Waals surface area contributed by atoms with Crippen molar-refractivity contribution in [2.24, 2.45) is 0 Å². The molecule has 0 saturated carbocycles. The number of aliphatic hydroxyl groups excluding tert-OH is 1. The smallest absolute Gasteiger partial charge is 0.411 e. The predicted octanol–water partition coefficient (Wildman–Crippen LogP) is 5.07. The summed E-state index contributed by atoms with van der Waals surface area (Å²) in [5.74, 6) is -2.28. The van der Waals surface area contributed by atoms with E-state index in [1.807, 2.05) is 6.92 Å². The zero-order chi connectivity index (χ0) is 26.6. The van der Waals surface area contributed by atoms with Crippen LogP contribution in [0.2, 0.25) is 0 Å². The van der Waals surface area contributed by atoms with Crippen LogP contribution in [0.3, 0.4) is 0 Å². The fourth-order valence-corrected chi connectivity index (χ4v) is 4.60. The van der Waals surface area contributed by atoms with E-state index in [-0.39, 0.29) is 24.6 Å². The molecule has 3 aromatic rings. The summed E-state index contributed by atoms with van der Waals surface area (Å²) in [7, 11) is 0. The number of aliphatic hydroxyl groups is 1. The molecule has 1 saturated heterocycles. The minimum Gasteiger partial charge on any atom is -0.438 e. The largest absolute Gasteiger partial charge is 0.438 e. The summed E-state index contributed by atoms with van der Waals surface area (Å²) in [6, 6.07) is 15.7. The summed E-state index contributed by atoms with van der Waals surface area (Å²) in [5.41, 5.74) is 1.18. The molecule has 9 heteroatoms. The van der Waals surface area contributed by atoms with Crippen LogP contribution in [-0.2, 0) is 15.1 Å².